The number of para-hydroxylation sites is 1. The zero-order valence-electron chi connectivity index (χ0n) is 10.6. The van der Waals surface area contributed by atoms with Crippen LogP contribution in [0, 0.1) is 0 Å². The zero-order valence-corrected chi connectivity index (χ0v) is 11.5. The van der Waals surface area contributed by atoms with Crippen molar-refractivity contribution in [2.45, 2.75) is 4.90 Å². The summed E-state index contributed by atoms with van der Waals surface area (Å²) in [6, 6.07) is 9.05. The second-order valence-corrected chi connectivity index (χ2v) is 5.73. The molecule has 110 valence electrons. The molecule has 0 spiro atoms. The molecule has 1 amide bonds. The smallest absolute Gasteiger partial charge is 0.259 e. The molecule has 0 bridgehead atoms. The van der Waals surface area contributed by atoms with E-state index in [-0.39, 0.29) is 21.9 Å². The van der Waals surface area contributed by atoms with Gasteiger partial charge in [0, 0.05) is 6.07 Å². The first-order chi connectivity index (χ1) is 9.79. The van der Waals surface area contributed by atoms with Gasteiger partial charge in [0.15, 0.2) is 0 Å². The highest BCUT2D eigenvalue weighted by Crippen LogP contribution is 2.25. The van der Waals surface area contributed by atoms with Crippen molar-refractivity contribution in [3.05, 3.63) is 48.0 Å². The number of anilines is 1. The van der Waals surface area contributed by atoms with Crippen LogP contribution in [-0.2, 0) is 10.0 Å². The van der Waals surface area contributed by atoms with Crippen molar-refractivity contribution in [3.63, 3.8) is 0 Å². The van der Waals surface area contributed by atoms with E-state index in [1.165, 1.54) is 36.4 Å². The topological polar surface area (TPSA) is 130 Å². The summed E-state index contributed by atoms with van der Waals surface area (Å²) in [7, 11) is -4.00. The molecule has 5 N–H and O–H groups in total. The molecule has 0 heterocycles. The van der Waals surface area contributed by atoms with E-state index in [1.54, 1.807) is 0 Å². The van der Waals surface area contributed by atoms with Gasteiger partial charge in [-0.1, -0.05) is 12.1 Å². The van der Waals surface area contributed by atoms with Gasteiger partial charge in [0.2, 0.25) is 10.0 Å². The SMILES string of the molecule is NS(=O)(=O)c1ccccc1NC(=O)c1ccc(O)cc1O. The predicted octanol–water partition coefficient (Wildman–Crippen LogP) is 0.998. The van der Waals surface area contributed by atoms with Crippen LogP contribution in [0.2, 0.25) is 0 Å². The standard InChI is InChI=1S/C13H12N2O5S/c14-21(19,20)12-4-2-1-3-10(12)15-13(18)9-6-5-8(16)7-11(9)17/h1-7,16-17H,(H,15,18)(H2,14,19,20). The molecule has 0 atom stereocenters. The van der Waals surface area contributed by atoms with Gasteiger partial charge in [0.05, 0.1) is 11.3 Å². The largest absolute Gasteiger partial charge is 0.508 e. The lowest BCUT2D eigenvalue weighted by molar-refractivity contribution is 0.102. The third-order valence-electron chi connectivity index (χ3n) is 2.67. The molecule has 0 aliphatic carbocycles. The molecule has 2 aromatic rings. The fraction of sp³-hybridized carbons (Fsp3) is 0. The maximum atomic E-state index is 12.0. The predicted molar refractivity (Wildman–Crippen MR) is 75.5 cm³/mol. The second-order valence-electron chi connectivity index (χ2n) is 4.20. The quantitative estimate of drug-likeness (QED) is 0.672. The molecular formula is C13H12N2O5S. The molecule has 0 aromatic heterocycles. The Balaban J connectivity index is 2.37. The first-order valence-electron chi connectivity index (χ1n) is 5.74. The number of phenolic OH excluding ortho intramolecular Hbond substituents is 2. The first-order valence-corrected chi connectivity index (χ1v) is 7.29. The lowest BCUT2D eigenvalue weighted by atomic mass is 10.1. The Morgan fingerprint density at radius 2 is 1.76 bits per heavy atom. The van der Waals surface area contributed by atoms with E-state index in [4.69, 9.17) is 5.14 Å². The number of aromatic hydroxyl groups is 2. The Kier molecular flexibility index (Phi) is 3.83. The highest BCUT2D eigenvalue weighted by atomic mass is 32.2. The lowest BCUT2D eigenvalue weighted by Crippen LogP contribution is -2.18. The highest BCUT2D eigenvalue weighted by Gasteiger charge is 2.17. The monoisotopic (exact) mass is 308 g/mol. The number of phenols is 2. The van der Waals surface area contributed by atoms with Gasteiger partial charge in [-0.25, -0.2) is 13.6 Å². The Bertz CT molecular complexity index is 802. The van der Waals surface area contributed by atoms with Gasteiger partial charge in [-0.15, -0.1) is 0 Å². The highest BCUT2D eigenvalue weighted by molar-refractivity contribution is 7.89. The number of amides is 1. The van der Waals surface area contributed by atoms with E-state index in [2.05, 4.69) is 5.32 Å². The number of nitrogens with one attached hydrogen (secondary N) is 1. The number of hydrogen-bond acceptors (Lipinski definition) is 5. The van der Waals surface area contributed by atoms with Crippen LogP contribution in [0.25, 0.3) is 0 Å². The molecule has 21 heavy (non-hydrogen) atoms. The Morgan fingerprint density at radius 3 is 2.38 bits per heavy atom. The Labute approximate surface area is 120 Å². The fourth-order valence-electron chi connectivity index (χ4n) is 1.72. The molecule has 0 aliphatic rings. The first kappa shape index (κ1) is 14.8. The molecule has 0 saturated carbocycles. The van der Waals surface area contributed by atoms with Crippen molar-refractivity contribution >= 4 is 21.6 Å². The minimum absolute atomic E-state index is 0.00234. The van der Waals surface area contributed by atoms with Gasteiger partial charge < -0.3 is 15.5 Å². The Hall–Kier alpha value is -2.58. The summed E-state index contributed by atoms with van der Waals surface area (Å²) in [5.74, 6) is -1.36. The summed E-state index contributed by atoms with van der Waals surface area (Å²) in [5.41, 5.74) is -0.116. The van der Waals surface area contributed by atoms with Crippen LogP contribution >= 0.6 is 0 Å². The van der Waals surface area contributed by atoms with Crippen molar-refractivity contribution in [2.75, 3.05) is 5.32 Å². The normalized spacial score (nSPS) is 11.1. The van der Waals surface area contributed by atoms with Crippen LogP contribution in [-0.4, -0.2) is 24.5 Å². The molecule has 2 rings (SSSR count). The average Bonchev–Trinajstić information content (AvgIpc) is 2.37. The van der Waals surface area contributed by atoms with Crippen LogP contribution in [0.15, 0.2) is 47.4 Å². The summed E-state index contributed by atoms with van der Waals surface area (Å²) in [4.78, 5) is 11.8. The van der Waals surface area contributed by atoms with Crippen LogP contribution in [0.4, 0.5) is 5.69 Å². The molecule has 0 aliphatic heterocycles. The third-order valence-corrected chi connectivity index (χ3v) is 3.64. The molecule has 0 radical (unpaired) electrons. The number of carbonyl (C=O) groups excluding carboxylic acids is 1. The van der Waals surface area contributed by atoms with E-state index >= 15 is 0 Å². The summed E-state index contributed by atoms with van der Waals surface area (Å²) in [6.45, 7) is 0. The second kappa shape index (κ2) is 5.43. The lowest BCUT2D eigenvalue weighted by Gasteiger charge is -2.10. The maximum Gasteiger partial charge on any atom is 0.259 e. The van der Waals surface area contributed by atoms with Gasteiger partial charge in [-0.05, 0) is 24.3 Å². The molecule has 0 unspecified atom stereocenters. The van der Waals surface area contributed by atoms with Gasteiger partial charge in [0.25, 0.3) is 5.91 Å². The maximum absolute atomic E-state index is 12.0. The van der Waals surface area contributed by atoms with Crippen LogP contribution in [0.1, 0.15) is 10.4 Å². The summed E-state index contributed by atoms with van der Waals surface area (Å²) >= 11 is 0. The van der Waals surface area contributed by atoms with Gasteiger partial charge >= 0.3 is 0 Å². The van der Waals surface area contributed by atoms with Gasteiger partial charge in [-0.2, -0.15) is 0 Å². The van der Waals surface area contributed by atoms with Gasteiger partial charge in [-0.3, -0.25) is 4.79 Å². The van der Waals surface area contributed by atoms with Crippen molar-refractivity contribution < 1.29 is 23.4 Å². The van der Waals surface area contributed by atoms with Crippen molar-refractivity contribution in [1.29, 1.82) is 0 Å². The number of primary sulfonamides is 1. The number of benzene rings is 2. The molecule has 0 saturated heterocycles. The number of rotatable bonds is 3. The fourth-order valence-corrected chi connectivity index (χ4v) is 2.41. The summed E-state index contributed by atoms with van der Waals surface area (Å²) in [6.07, 6.45) is 0. The number of sulfonamides is 1. The average molecular weight is 308 g/mol. The number of carbonyl (C=O) groups is 1. The molecule has 7 nitrogen and oxygen atoms in total. The minimum Gasteiger partial charge on any atom is -0.508 e. The van der Waals surface area contributed by atoms with Crippen LogP contribution in [0.3, 0.4) is 0 Å². The van der Waals surface area contributed by atoms with Crippen molar-refractivity contribution in [1.82, 2.24) is 0 Å². The minimum atomic E-state index is -4.00. The van der Waals surface area contributed by atoms with Crippen LogP contribution < -0.4 is 10.5 Å². The van der Waals surface area contributed by atoms with E-state index in [0.29, 0.717) is 0 Å². The van der Waals surface area contributed by atoms with E-state index in [0.717, 1.165) is 6.07 Å². The summed E-state index contributed by atoms with van der Waals surface area (Å²) < 4.78 is 22.9. The van der Waals surface area contributed by atoms with Gasteiger partial charge in [0.1, 0.15) is 16.4 Å². The van der Waals surface area contributed by atoms with Crippen molar-refractivity contribution in [3.8, 4) is 11.5 Å². The number of nitrogens with two attached hydrogens (primary N) is 1. The third kappa shape index (κ3) is 3.30. The zero-order chi connectivity index (χ0) is 15.6. The van der Waals surface area contributed by atoms with E-state index < -0.39 is 21.7 Å². The summed E-state index contributed by atoms with van der Waals surface area (Å²) in [5, 5.41) is 26.2. The van der Waals surface area contributed by atoms with Crippen LogP contribution in [0.5, 0.6) is 11.5 Å². The Morgan fingerprint density at radius 1 is 1.10 bits per heavy atom. The molecule has 8 heteroatoms. The molecular weight excluding hydrogens is 296 g/mol. The van der Waals surface area contributed by atoms with E-state index in [9.17, 15) is 23.4 Å². The number of hydrogen-bond donors (Lipinski definition) is 4. The van der Waals surface area contributed by atoms with E-state index in [1.807, 2.05) is 0 Å². The molecule has 2 aromatic carbocycles. The van der Waals surface area contributed by atoms with Crippen molar-refractivity contribution in [2.24, 2.45) is 5.14 Å². The molecule has 0 fully saturated rings.